The van der Waals surface area contributed by atoms with Crippen LogP contribution in [0.1, 0.15) is 142 Å². The summed E-state index contributed by atoms with van der Waals surface area (Å²) in [7, 11) is 0.996. The van der Waals surface area contributed by atoms with Gasteiger partial charge in [-0.1, -0.05) is 113 Å². The Labute approximate surface area is 340 Å². The Bertz CT molecular complexity index is 1180. The topological polar surface area (TPSA) is 152 Å². The van der Waals surface area contributed by atoms with E-state index in [-0.39, 0.29) is 38.7 Å². The van der Waals surface area contributed by atoms with Gasteiger partial charge in [-0.15, -0.1) is 0 Å². The predicted molar refractivity (Wildman–Crippen MR) is 225 cm³/mol. The van der Waals surface area contributed by atoms with Gasteiger partial charge < -0.3 is 38.1 Å². The number of aliphatic hydroxyl groups excluding tert-OH is 2. The van der Waals surface area contributed by atoms with E-state index in [4.69, 9.17) is 18.5 Å². The average Bonchev–Trinajstić information content (AvgIpc) is 3.14. The third-order valence-corrected chi connectivity index (χ3v) is 9.69. The minimum Gasteiger partial charge on any atom is -0.756 e. The predicted octanol–water partition coefficient (Wildman–Crippen LogP) is 8.99. The number of allylic oxidation sites excluding steroid dienone is 9. The normalized spacial score (nSPS) is 15.4. The molecule has 324 valence electrons. The smallest absolute Gasteiger partial charge is 0.306 e. The minimum atomic E-state index is -4.70. The van der Waals surface area contributed by atoms with Crippen LogP contribution in [0.25, 0.3) is 0 Å². The van der Waals surface area contributed by atoms with E-state index in [1.54, 1.807) is 0 Å². The first-order chi connectivity index (χ1) is 26.8. The highest BCUT2D eigenvalue weighted by Crippen LogP contribution is 2.38. The van der Waals surface area contributed by atoms with E-state index in [0.29, 0.717) is 17.4 Å². The largest absolute Gasteiger partial charge is 0.756 e. The summed E-state index contributed by atoms with van der Waals surface area (Å²) in [4.78, 5) is 37.5. The molecule has 0 aromatic carbocycles. The number of unbranched alkanes of at least 4 members (excludes halogenated alkanes) is 9. The Morgan fingerprint density at radius 3 is 1.82 bits per heavy atom. The molecule has 0 fully saturated rings. The molecule has 4 atom stereocenters. The summed E-state index contributed by atoms with van der Waals surface area (Å²) in [6.07, 6.45) is 34.3. The Kier molecular flexibility index (Phi) is 34.3. The van der Waals surface area contributed by atoms with E-state index in [9.17, 15) is 29.3 Å². The van der Waals surface area contributed by atoms with Crippen LogP contribution in [-0.4, -0.2) is 92.5 Å². The molecule has 0 amide bonds. The number of esters is 2. The van der Waals surface area contributed by atoms with Gasteiger partial charge in [-0.2, -0.15) is 0 Å². The molecule has 1 unspecified atom stereocenters. The molecule has 0 heterocycles. The molecule has 11 nitrogen and oxygen atoms in total. The molecular weight excluding hydrogens is 733 g/mol. The number of nitrogens with zero attached hydrogens (tertiary/aromatic N) is 1. The lowest BCUT2D eigenvalue weighted by Gasteiger charge is -2.28. The summed E-state index contributed by atoms with van der Waals surface area (Å²) in [5, 5.41) is 20.7. The SMILES string of the molecule is CC/C=C\C/C=C\C/C=C\C/C=C\C[C@H](O)[C@@H](O)CCCC(=O)OC[C@H](COP(=O)([O-])OCC[N+](C)(C)C)OC(=O)CCCCCCC/C=C\CCCCCC. The summed E-state index contributed by atoms with van der Waals surface area (Å²) in [6.45, 7) is 3.72. The quantitative estimate of drug-likeness (QED) is 0.0205. The second-order valence-electron chi connectivity index (χ2n) is 15.3. The van der Waals surface area contributed by atoms with Crippen molar-refractivity contribution in [2.24, 2.45) is 0 Å². The summed E-state index contributed by atoms with van der Waals surface area (Å²) in [5.74, 6) is -1.14. The zero-order valence-electron chi connectivity index (χ0n) is 35.5. The van der Waals surface area contributed by atoms with Crippen molar-refractivity contribution in [2.75, 3.05) is 47.5 Å². The third kappa shape index (κ3) is 37.2. The van der Waals surface area contributed by atoms with Crippen LogP contribution in [0.15, 0.2) is 60.8 Å². The number of hydrogen-bond acceptors (Lipinski definition) is 10. The van der Waals surface area contributed by atoms with Crippen molar-refractivity contribution in [3.8, 4) is 0 Å². The number of carbonyl (C=O) groups excluding carboxylic acids is 2. The summed E-state index contributed by atoms with van der Waals surface area (Å²) in [6, 6.07) is 0. The Morgan fingerprint density at radius 2 is 1.21 bits per heavy atom. The van der Waals surface area contributed by atoms with E-state index < -0.39 is 51.3 Å². The lowest BCUT2D eigenvalue weighted by Crippen LogP contribution is -2.37. The molecule has 12 heteroatoms. The second kappa shape index (κ2) is 35.8. The Balaban J connectivity index is 4.65. The van der Waals surface area contributed by atoms with Crippen LogP contribution in [0, 0.1) is 0 Å². The van der Waals surface area contributed by atoms with Gasteiger partial charge in [-0.05, 0) is 77.0 Å². The van der Waals surface area contributed by atoms with Crippen molar-refractivity contribution < 1.29 is 52.3 Å². The molecule has 0 saturated heterocycles. The molecule has 0 aromatic heterocycles. The molecule has 0 aliphatic heterocycles. The maximum Gasteiger partial charge on any atom is 0.306 e. The molecular formula is C44H78NO10P. The van der Waals surface area contributed by atoms with E-state index >= 15 is 0 Å². The number of aliphatic hydroxyl groups is 2. The van der Waals surface area contributed by atoms with Crippen molar-refractivity contribution in [3.05, 3.63) is 60.8 Å². The van der Waals surface area contributed by atoms with Crippen LogP contribution in [-0.2, 0) is 32.7 Å². The number of carbonyl (C=O) groups is 2. The molecule has 0 aliphatic carbocycles. The average molecular weight is 812 g/mol. The standard InChI is InChI=1S/C44H78NO10P/c1-6-8-10-12-14-16-18-20-22-24-26-28-30-34-44(49)55-40(39-54-56(50,51)53-37-36-45(3,4)5)38-52-43(48)35-31-33-42(47)41(46)32-29-27-25-23-21-19-17-15-13-11-9-7-2/h9,11,15-18,21,23,27,29,40-42,46-47H,6-8,10,12-14,19-20,22,24-26,28,30-39H2,1-5H3/b11-9-,17-15-,18-16-,23-21-,29-27-/t40-,41+,42+/m1/s1. The molecule has 0 radical (unpaired) electrons. The van der Waals surface area contributed by atoms with E-state index in [1.165, 1.54) is 25.7 Å². The van der Waals surface area contributed by atoms with Crippen molar-refractivity contribution in [1.82, 2.24) is 0 Å². The summed E-state index contributed by atoms with van der Waals surface area (Å²) >= 11 is 0. The zero-order valence-corrected chi connectivity index (χ0v) is 36.4. The van der Waals surface area contributed by atoms with Gasteiger partial charge in [0, 0.05) is 12.8 Å². The van der Waals surface area contributed by atoms with Crippen molar-refractivity contribution >= 4 is 19.8 Å². The van der Waals surface area contributed by atoms with Crippen LogP contribution >= 0.6 is 7.82 Å². The Morgan fingerprint density at radius 1 is 0.661 bits per heavy atom. The van der Waals surface area contributed by atoms with Gasteiger partial charge in [0.05, 0.1) is 40.0 Å². The monoisotopic (exact) mass is 812 g/mol. The Hall–Kier alpha value is -2.37. The molecule has 0 rings (SSSR count). The van der Waals surface area contributed by atoms with Gasteiger partial charge in [-0.3, -0.25) is 14.2 Å². The van der Waals surface area contributed by atoms with E-state index in [1.807, 2.05) is 39.4 Å². The number of ether oxygens (including phenoxy) is 2. The fraction of sp³-hybridized carbons (Fsp3) is 0.727. The fourth-order valence-electron chi connectivity index (χ4n) is 5.26. The van der Waals surface area contributed by atoms with E-state index in [2.05, 4.69) is 56.4 Å². The lowest BCUT2D eigenvalue weighted by molar-refractivity contribution is -0.870. The first-order valence-corrected chi connectivity index (χ1v) is 22.6. The number of phosphoric acid groups is 1. The number of rotatable bonds is 37. The zero-order chi connectivity index (χ0) is 41.8. The first-order valence-electron chi connectivity index (χ1n) is 21.2. The first kappa shape index (κ1) is 53.6. The van der Waals surface area contributed by atoms with E-state index in [0.717, 1.165) is 64.2 Å². The van der Waals surface area contributed by atoms with Crippen molar-refractivity contribution in [1.29, 1.82) is 0 Å². The molecule has 0 aromatic rings. The van der Waals surface area contributed by atoms with Crippen molar-refractivity contribution in [3.63, 3.8) is 0 Å². The molecule has 0 spiro atoms. The van der Waals surface area contributed by atoms with Gasteiger partial charge >= 0.3 is 11.9 Å². The highest BCUT2D eigenvalue weighted by Gasteiger charge is 2.22. The molecule has 56 heavy (non-hydrogen) atoms. The van der Waals surface area contributed by atoms with Gasteiger partial charge in [-0.25, -0.2) is 0 Å². The molecule has 0 aliphatic rings. The van der Waals surface area contributed by atoms with Crippen LogP contribution in [0.2, 0.25) is 0 Å². The highest BCUT2D eigenvalue weighted by atomic mass is 31.2. The fourth-order valence-corrected chi connectivity index (χ4v) is 5.99. The van der Waals surface area contributed by atoms with Crippen LogP contribution in [0.3, 0.4) is 0 Å². The van der Waals surface area contributed by atoms with Crippen LogP contribution in [0.4, 0.5) is 0 Å². The number of hydrogen-bond donors (Lipinski definition) is 2. The summed E-state index contributed by atoms with van der Waals surface area (Å²) < 4.78 is 33.6. The molecule has 0 bridgehead atoms. The number of quaternary nitrogens is 1. The second-order valence-corrected chi connectivity index (χ2v) is 16.7. The van der Waals surface area contributed by atoms with Gasteiger partial charge in [0.1, 0.15) is 19.8 Å². The highest BCUT2D eigenvalue weighted by molar-refractivity contribution is 7.45. The van der Waals surface area contributed by atoms with Crippen LogP contribution in [0.5, 0.6) is 0 Å². The van der Waals surface area contributed by atoms with Gasteiger partial charge in [0.2, 0.25) is 0 Å². The minimum absolute atomic E-state index is 0.0434. The maximum absolute atomic E-state index is 12.6. The molecule has 0 saturated carbocycles. The lowest BCUT2D eigenvalue weighted by atomic mass is 10.0. The number of likely N-dealkylation sites (N-methyl/N-ethyl adjacent to an activating group) is 1. The van der Waals surface area contributed by atoms with Crippen LogP contribution < -0.4 is 4.89 Å². The third-order valence-electron chi connectivity index (χ3n) is 8.72. The van der Waals surface area contributed by atoms with Crippen molar-refractivity contribution in [2.45, 2.75) is 161 Å². The van der Waals surface area contributed by atoms with Gasteiger partial charge in [0.25, 0.3) is 7.82 Å². The maximum atomic E-state index is 12.6. The molecule has 2 N–H and O–H groups in total. The number of phosphoric ester groups is 1. The summed E-state index contributed by atoms with van der Waals surface area (Å²) in [5.41, 5.74) is 0. The van der Waals surface area contributed by atoms with Gasteiger partial charge in [0.15, 0.2) is 6.10 Å².